The molecule has 3 rings (SSSR count). The number of piperazine rings is 1. The molecule has 1 N–H and O–H groups in total. The van der Waals surface area contributed by atoms with E-state index in [0.717, 1.165) is 35.0 Å². The van der Waals surface area contributed by atoms with Crippen molar-refractivity contribution < 1.29 is 0 Å². The Balaban J connectivity index is 1.74. The molecule has 1 saturated heterocycles. The fourth-order valence-corrected chi connectivity index (χ4v) is 3.90. The van der Waals surface area contributed by atoms with E-state index in [1.54, 1.807) is 0 Å². The Bertz CT molecular complexity index is 476. The van der Waals surface area contributed by atoms with Crippen LogP contribution in [0, 0.1) is 5.92 Å². The van der Waals surface area contributed by atoms with Crippen molar-refractivity contribution in [2.45, 2.75) is 44.8 Å². The van der Waals surface area contributed by atoms with Crippen LogP contribution in [0.3, 0.4) is 0 Å². The van der Waals surface area contributed by atoms with Gasteiger partial charge in [0.1, 0.15) is 0 Å². The van der Waals surface area contributed by atoms with Crippen LogP contribution in [0.4, 0.5) is 0 Å². The van der Waals surface area contributed by atoms with Crippen LogP contribution in [0.5, 0.6) is 0 Å². The van der Waals surface area contributed by atoms with E-state index in [1.165, 1.54) is 24.8 Å². The maximum absolute atomic E-state index is 6.39. The largest absolute Gasteiger partial charge is 0.311 e. The molecule has 2 unspecified atom stereocenters. The van der Waals surface area contributed by atoms with Crippen LogP contribution >= 0.6 is 27.5 Å². The quantitative estimate of drug-likeness (QED) is 0.874. The van der Waals surface area contributed by atoms with Gasteiger partial charge in [0.05, 0.1) is 0 Å². The number of benzene rings is 1. The molecule has 0 radical (unpaired) electrons. The van der Waals surface area contributed by atoms with Crippen LogP contribution in [-0.2, 0) is 6.54 Å². The first-order valence-corrected chi connectivity index (χ1v) is 8.76. The van der Waals surface area contributed by atoms with E-state index in [0.29, 0.717) is 12.1 Å². The smallest absolute Gasteiger partial charge is 0.0462 e. The van der Waals surface area contributed by atoms with Gasteiger partial charge in [-0.25, -0.2) is 0 Å². The van der Waals surface area contributed by atoms with Crippen LogP contribution in [-0.4, -0.2) is 30.1 Å². The van der Waals surface area contributed by atoms with E-state index >= 15 is 0 Å². The Morgan fingerprint density at radius 1 is 1.40 bits per heavy atom. The maximum atomic E-state index is 6.39. The fourth-order valence-electron chi connectivity index (χ4n) is 3.17. The van der Waals surface area contributed by atoms with Crippen molar-refractivity contribution in [2.75, 3.05) is 13.1 Å². The summed E-state index contributed by atoms with van der Waals surface area (Å²) in [5.41, 5.74) is 1.25. The monoisotopic (exact) mass is 356 g/mol. The topological polar surface area (TPSA) is 15.3 Å². The number of hydrogen-bond acceptors (Lipinski definition) is 2. The summed E-state index contributed by atoms with van der Waals surface area (Å²) in [5, 5.41) is 4.57. The molecule has 0 bridgehead atoms. The number of rotatable bonds is 4. The molecule has 4 heteroatoms. The van der Waals surface area contributed by atoms with Crippen molar-refractivity contribution in [1.29, 1.82) is 0 Å². The normalized spacial score (nSPS) is 27.8. The highest BCUT2D eigenvalue weighted by Gasteiger charge is 2.38. The zero-order valence-electron chi connectivity index (χ0n) is 11.9. The lowest BCUT2D eigenvalue weighted by molar-refractivity contribution is 0.106. The molecular formula is C16H22BrClN2. The lowest BCUT2D eigenvalue weighted by atomic mass is 10.0. The van der Waals surface area contributed by atoms with E-state index in [4.69, 9.17) is 11.6 Å². The Hall–Kier alpha value is -0.0900. The molecule has 1 saturated carbocycles. The average Bonchev–Trinajstić information content (AvgIpc) is 3.26. The van der Waals surface area contributed by atoms with Gasteiger partial charge in [-0.1, -0.05) is 40.5 Å². The molecule has 20 heavy (non-hydrogen) atoms. The molecule has 0 aromatic heterocycles. The van der Waals surface area contributed by atoms with Crippen LogP contribution in [0.15, 0.2) is 22.7 Å². The van der Waals surface area contributed by atoms with Gasteiger partial charge < -0.3 is 5.32 Å². The van der Waals surface area contributed by atoms with E-state index < -0.39 is 0 Å². The molecule has 1 aliphatic carbocycles. The highest BCUT2D eigenvalue weighted by molar-refractivity contribution is 9.10. The second kappa shape index (κ2) is 6.35. The minimum atomic E-state index is 0.624. The molecule has 0 amide bonds. The zero-order valence-corrected chi connectivity index (χ0v) is 14.3. The predicted octanol–water partition coefficient (Wildman–Crippen LogP) is 4.06. The summed E-state index contributed by atoms with van der Waals surface area (Å²) in [6.45, 7) is 5.52. The van der Waals surface area contributed by atoms with Crippen molar-refractivity contribution in [3.8, 4) is 0 Å². The second-order valence-corrected chi connectivity index (χ2v) is 7.41. The van der Waals surface area contributed by atoms with Gasteiger partial charge in [0.15, 0.2) is 0 Å². The predicted molar refractivity (Wildman–Crippen MR) is 88.2 cm³/mol. The van der Waals surface area contributed by atoms with Crippen LogP contribution in [0.25, 0.3) is 0 Å². The SMILES string of the molecule is CCC1CN(Cc2ccc(Br)cc2Cl)C(C2CC2)CN1. The molecule has 2 aliphatic rings. The van der Waals surface area contributed by atoms with Gasteiger partial charge in [-0.15, -0.1) is 0 Å². The average molecular weight is 358 g/mol. The molecule has 0 spiro atoms. The number of hydrogen-bond donors (Lipinski definition) is 1. The fraction of sp³-hybridized carbons (Fsp3) is 0.625. The summed E-state index contributed by atoms with van der Waals surface area (Å²) in [5.74, 6) is 0.898. The van der Waals surface area contributed by atoms with Gasteiger partial charge in [0.2, 0.25) is 0 Å². The standard InChI is InChI=1S/C16H22BrClN2/c1-2-14-10-20(16(8-19-14)11-3-4-11)9-12-5-6-13(17)7-15(12)18/h5-7,11,14,16,19H,2-4,8-10H2,1H3. The molecule has 1 aliphatic heterocycles. The van der Waals surface area contributed by atoms with Gasteiger partial charge in [0.25, 0.3) is 0 Å². The van der Waals surface area contributed by atoms with E-state index in [2.05, 4.69) is 45.2 Å². The Labute approximate surface area is 135 Å². The number of nitrogens with zero attached hydrogens (tertiary/aromatic N) is 1. The summed E-state index contributed by atoms with van der Waals surface area (Å²) >= 11 is 9.87. The minimum Gasteiger partial charge on any atom is -0.311 e. The van der Waals surface area contributed by atoms with Gasteiger partial charge in [-0.3, -0.25) is 4.90 Å². The first-order valence-electron chi connectivity index (χ1n) is 7.58. The Kier molecular flexibility index (Phi) is 4.71. The molecular weight excluding hydrogens is 336 g/mol. The molecule has 110 valence electrons. The van der Waals surface area contributed by atoms with Crippen molar-refractivity contribution in [3.63, 3.8) is 0 Å². The molecule has 1 heterocycles. The van der Waals surface area contributed by atoms with Gasteiger partial charge in [-0.05, 0) is 42.9 Å². The zero-order chi connectivity index (χ0) is 14.1. The molecule has 2 fully saturated rings. The van der Waals surface area contributed by atoms with Crippen LogP contribution < -0.4 is 5.32 Å². The first kappa shape index (κ1) is 14.8. The lowest BCUT2D eigenvalue weighted by Gasteiger charge is -2.40. The second-order valence-electron chi connectivity index (χ2n) is 6.08. The Morgan fingerprint density at radius 2 is 2.20 bits per heavy atom. The maximum Gasteiger partial charge on any atom is 0.0462 e. The molecule has 1 aromatic rings. The highest BCUT2D eigenvalue weighted by Crippen LogP contribution is 2.37. The summed E-state index contributed by atoms with van der Waals surface area (Å²) in [4.78, 5) is 2.65. The number of halogens is 2. The summed E-state index contributed by atoms with van der Waals surface area (Å²) in [6.07, 6.45) is 3.99. The van der Waals surface area contributed by atoms with Crippen molar-refractivity contribution in [2.24, 2.45) is 5.92 Å². The van der Waals surface area contributed by atoms with Gasteiger partial charge in [-0.2, -0.15) is 0 Å². The molecule has 1 aromatic carbocycles. The van der Waals surface area contributed by atoms with E-state index in [9.17, 15) is 0 Å². The molecule has 2 nitrogen and oxygen atoms in total. The minimum absolute atomic E-state index is 0.624. The van der Waals surface area contributed by atoms with Gasteiger partial charge >= 0.3 is 0 Å². The van der Waals surface area contributed by atoms with E-state index in [-0.39, 0.29) is 0 Å². The van der Waals surface area contributed by atoms with Crippen molar-refractivity contribution >= 4 is 27.5 Å². The van der Waals surface area contributed by atoms with E-state index in [1.807, 2.05) is 6.07 Å². The van der Waals surface area contributed by atoms with Crippen molar-refractivity contribution in [1.82, 2.24) is 10.2 Å². The van der Waals surface area contributed by atoms with Crippen LogP contribution in [0.1, 0.15) is 31.7 Å². The lowest BCUT2D eigenvalue weighted by Crippen LogP contribution is -2.56. The summed E-state index contributed by atoms with van der Waals surface area (Å²) < 4.78 is 1.05. The Morgan fingerprint density at radius 3 is 2.85 bits per heavy atom. The third-order valence-electron chi connectivity index (χ3n) is 4.59. The first-order chi connectivity index (χ1) is 9.67. The third-order valence-corrected chi connectivity index (χ3v) is 5.43. The van der Waals surface area contributed by atoms with Crippen molar-refractivity contribution in [3.05, 3.63) is 33.3 Å². The highest BCUT2D eigenvalue weighted by atomic mass is 79.9. The third kappa shape index (κ3) is 3.38. The van der Waals surface area contributed by atoms with Gasteiger partial charge in [0, 0.05) is 41.2 Å². The molecule has 2 atom stereocenters. The summed E-state index contributed by atoms with van der Waals surface area (Å²) in [7, 11) is 0. The summed E-state index contributed by atoms with van der Waals surface area (Å²) in [6, 6.07) is 7.56. The number of nitrogens with one attached hydrogen (secondary N) is 1. The van der Waals surface area contributed by atoms with Crippen LogP contribution in [0.2, 0.25) is 5.02 Å².